The minimum Gasteiger partial charge on any atom is -0.325 e. The maximum absolute atomic E-state index is 5.79. The van der Waals surface area contributed by atoms with E-state index in [0.717, 1.165) is 22.1 Å². The summed E-state index contributed by atoms with van der Waals surface area (Å²) in [4.78, 5) is 4.30. The molecule has 2 aromatic heterocycles. The van der Waals surface area contributed by atoms with Gasteiger partial charge in [-0.2, -0.15) is 4.68 Å². The van der Waals surface area contributed by atoms with Crippen molar-refractivity contribution in [3.63, 3.8) is 0 Å². The first-order valence-electron chi connectivity index (χ1n) is 6.33. The van der Waals surface area contributed by atoms with Gasteiger partial charge in [-0.15, -0.1) is 16.4 Å². The Morgan fingerprint density at radius 3 is 2.75 bits per heavy atom. The average Bonchev–Trinajstić information content (AvgIpc) is 3.09. The van der Waals surface area contributed by atoms with Gasteiger partial charge in [-0.3, -0.25) is 0 Å². The molecule has 3 aromatic rings. The lowest BCUT2D eigenvalue weighted by atomic mass is 10.0. The SMILES string of the molecule is Cc1ccc(-c2c(CN)nnn2-c2nccs2)cc1C. The van der Waals surface area contributed by atoms with E-state index in [1.54, 1.807) is 10.9 Å². The van der Waals surface area contributed by atoms with Crippen LogP contribution in [0.5, 0.6) is 0 Å². The van der Waals surface area contributed by atoms with Crippen LogP contribution in [0.3, 0.4) is 0 Å². The Hall–Kier alpha value is -2.05. The van der Waals surface area contributed by atoms with Crippen LogP contribution < -0.4 is 5.73 Å². The summed E-state index contributed by atoms with van der Waals surface area (Å²) in [6.45, 7) is 4.55. The van der Waals surface area contributed by atoms with Crippen LogP contribution in [-0.4, -0.2) is 20.0 Å². The average molecular weight is 285 g/mol. The zero-order chi connectivity index (χ0) is 14.1. The van der Waals surface area contributed by atoms with Gasteiger partial charge in [0.25, 0.3) is 0 Å². The lowest BCUT2D eigenvalue weighted by Gasteiger charge is -2.08. The van der Waals surface area contributed by atoms with Crippen molar-refractivity contribution in [3.05, 3.63) is 46.6 Å². The Morgan fingerprint density at radius 1 is 1.25 bits per heavy atom. The summed E-state index contributed by atoms with van der Waals surface area (Å²) < 4.78 is 1.76. The molecule has 0 fully saturated rings. The van der Waals surface area contributed by atoms with E-state index in [4.69, 9.17) is 5.73 Å². The van der Waals surface area contributed by atoms with Crippen molar-refractivity contribution < 1.29 is 0 Å². The van der Waals surface area contributed by atoms with Gasteiger partial charge < -0.3 is 5.73 Å². The topological polar surface area (TPSA) is 69.6 Å². The molecule has 0 atom stereocenters. The van der Waals surface area contributed by atoms with Gasteiger partial charge in [0.1, 0.15) is 11.4 Å². The second-order valence-corrected chi connectivity index (χ2v) is 5.49. The molecular weight excluding hydrogens is 270 g/mol. The second kappa shape index (κ2) is 5.15. The van der Waals surface area contributed by atoms with E-state index in [1.807, 2.05) is 5.38 Å². The number of rotatable bonds is 3. The van der Waals surface area contributed by atoms with Crippen LogP contribution in [0.4, 0.5) is 0 Å². The summed E-state index contributed by atoms with van der Waals surface area (Å²) in [5.74, 6) is 0. The number of hydrogen-bond donors (Lipinski definition) is 1. The largest absolute Gasteiger partial charge is 0.325 e. The molecule has 0 aliphatic heterocycles. The summed E-state index contributed by atoms with van der Waals surface area (Å²) in [6, 6.07) is 6.31. The summed E-state index contributed by atoms with van der Waals surface area (Å²) in [7, 11) is 0. The van der Waals surface area contributed by atoms with Crippen molar-refractivity contribution in [2.45, 2.75) is 20.4 Å². The molecule has 102 valence electrons. The van der Waals surface area contributed by atoms with E-state index >= 15 is 0 Å². The Balaban J connectivity index is 2.21. The van der Waals surface area contributed by atoms with Gasteiger partial charge in [0.2, 0.25) is 5.13 Å². The van der Waals surface area contributed by atoms with Crippen molar-refractivity contribution in [1.29, 1.82) is 0 Å². The predicted octanol–water partition coefficient (Wildman–Crippen LogP) is 2.47. The van der Waals surface area contributed by atoms with Crippen LogP contribution in [-0.2, 0) is 6.54 Å². The predicted molar refractivity (Wildman–Crippen MR) is 79.8 cm³/mol. The van der Waals surface area contributed by atoms with E-state index in [0.29, 0.717) is 6.54 Å². The molecular formula is C14H15N5S. The molecule has 1 aromatic carbocycles. The highest BCUT2D eigenvalue weighted by Crippen LogP contribution is 2.27. The maximum atomic E-state index is 5.79. The van der Waals surface area contributed by atoms with Gasteiger partial charge in [-0.25, -0.2) is 4.98 Å². The third-order valence-electron chi connectivity index (χ3n) is 3.31. The fourth-order valence-electron chi connectivity index (χ4n) is 2.08. The standard InChI is InChI=1S/C14H15N5S/c1-9-3-4-11(7-10(9)2)13-12(8-15)17-18-19(13)14-16-5-6-20-14/h3-7H,8,15H2,1-2H3. The highest BCUT2D eigenvalue weighted by molar-refractivity contribution is 7.12. The van der Waals surface area contributed by atoms with Crippen molar-refractivity contribution >= 4 is 11.3 Å². The van der Waals surface area contributed by atoms with Gasteiger partial charge in [0.05, 0.1) is 0 Å². The first-order valence-corrected chi connectivity index (χ1v) is 7.21. The number of hydrogen-bond acceptors (Lipinski definition) is 5. The van der Waals surface area contributed by atoms with E-state index in [-0.39, 0.29) is 0 Å². The third kappa shape index (κ3) is 2.13. The fraction of sp³-hybridized carbons (Fsp3) is 0.214. The van der Waals surface area contributed by atoms with Crippen LogP contribution in [0.1, 0.15) is 16.8 Å². The van der Waals surface area contributed by atoms with Crippen LogP contribution in [0, 0.1) is 13.8 Å². The number of thiazole rings is 1. The molecule has 0 bridgehead atoms. The molecule has 2 heterocycles. The van der Waals surface area contributed by atoms with Crippen LogP contribution in [0.15, 0.2) is 29.8 Å². The highest BCUT2D eigenvalue weighted by atomic mass is 32.1. The lowest BCUT2D eigenvalue weighted by molar-refractivity contribution is 0.794. The Labute approximate surface area is 121 Å². The Kier molecular flexibility index (Phi) is 3.33. The molecule has 2 N–H and O–H groups in total. The Morgan fingerprint density at radius 2 is 2.10 bits per heavy atom. The van der Waals surface area contributed by atoms with Gasteiger partial charge >= 0.3 is 0 Å². The quantitative estimate of drug-likeness (QED) is 0.802. The molecule has 0 aliphatic carbocycles. The molecule has 0 saturated carbocycles. The van der Waals surface area contributed by atoms with Crippen LogP contribution in [0.2, 0.25) is 0 Å². The molecule has 3 rings (SSSR count). The zero-order valence-electron chi connectivity index (χ0n) is 11.4. The minimum absolute atomic E-state index is 0.355. The molecule has 0 saturated heterocycles. The highest BCUT2D eigenvalue weighted by Gasteiger charge is 2.17. The molecule has 0 radical (unpaired) electrons. The lowest BCUT2D eigenvalue weighted by Crippen LogP contribution is -2.02. The van der Waals surface area contributed by atoms with Gasteiger partial charge in [0.15, 0.2) is 0 Å². The summed E-state index contributed by atoms with van der Waals surface area (Å²) in [5, 5.41) is 11.1. The van der Waals surface area contributed by atoms with Crippen molar-refractivity contribution in [2.75, 3.05) is 0 Å². The monoisotopic (exact) mass is 285 g/mol. The second-order valence-electron chi connectivity index (χ2n) is 4.61. The zero-order valence-corrected chi connectivity index (χ0v) is 12.2. The first-order chi connectivity index (χ1) is 9.70. The van der Waals surface area contributed by atoms with E-state index in [2.05, 4.69) is 47.3 Å². The number of nitrogens with two attached hydrogens (primary N) is 1. The van der Waals surface area contributed by atoms with E-state index in [9.17, 15) is 0 Å². The molecule has 0 aliphatic rings. The smallest absolute Gasteiger partial charge is 0.212 e. The summed E-state index contributed by atoms with van der Waals surface area (Å²) in [6.07, 6.45) is 1.76. The number of aromatic nitrogens is 4. The van der Waals surface area contributed by atoms with Crippen molar-refractivity contribution in [3.8, 4) is 16.4 Å². The fourth-order valence-corrected chi connectivity index (χ4v) is 2.68. The number of nitrogens with zero attached hydrogens (tertiary/aromatic N) is 4. The number of aryl methyl sites for hydroxylation is 2. The minimum atomic E-state index is 0.355. The van der Waals surface area contributed by atoms with Gasteiger partial charge in [-0.1, -0.05) is 17.3 Å². The van der Waals surface area contributed by atoms with Crippen molar-refractivity contribution in [1.82, 2.24) is 20.0 Å². The molecule has 0 spiro atoms. The summed E-state index contributed by atoms with van der Waals surface area (Å²) in [5.41, 5.74) is 11.1. The maximum Gasteiger partial charge on any atom is 0.212 e. The molecule has 20 heavy (non-hydrogen) atoms. The van der Waals surface area contributed by atoms with Crippen LogP contribution in [0.25, 0.3) is 16.4 Å². The summed E-state index contributed by atoms with van der Waals surface area (Å²) >= 11 is 1.52. The van der Waals surface area contributed by atoms with Gasteiger partial charge in [-0.05, 0) is 31.0 Å². The van der Waals surface area contributed by atoms with E-state index < -0.39 is 0 Å². The van der Waals surface area contributed by atoms with Crippen LogP contribution >= 0.6 is 11.3 Å². The van der Waals surface area contributed by atoms with E-state index in [1.165, 1.54) is 22.5 Å². The van der Waals surface area contributed by atoms with Crippen molar-refractivity contribution in [2.24, 2.45) is 5.73 Å². The first kappa shape index (κ1) is 13.0. The molecule has 5 nitrogen and oxygen atoms in total. The number of benzene rings is 1. The molecule has 6 heteroatoms. The third-order valence-corrected chi connectivity index (χ3v) is 4.06. The normalized spacial score (nSPS) is 10.9. The molecule has 0 amide bonds. The molecule has 0 unspecified atom stereocenters. The van der Waals surface area contributed by atoms with Gasteiger partial charge in [0, 0.05) is 23.7 Å². The Bertz CT molecular complexity index is 730.